The van der Waals surface area contributed by atoms with Crippen LogP contribution in [0.3, 0.4) is 0 Å². The van der Waals surface area contributed by atoms with Gasteiger partial charge in [-0.1, -0.05) is 36.4 Å². The Morgan fingerprint density at radius 3 is 2.52 bits per heavy atom. The quantitative estimate of drug-likeness (QED) is 0.899. The summed E-state index contributed by atoms with van der Waals surface area (Å²) in [4.78, 5) is 0.144. The van der Waals surface area contributed by atoms with Crippen LogP contribution in [0.25, 0.3) is 0 Å². The second kappa shape index (κ2) is 6.33. The van der Waals surface area contributed by atoms with Crippen molar-refractivity contribution in [3.05, 3.63) is 54.1 Å². The molecule has 132 valence electrons. The molecule has 6 nitrogen and oxygen atoms in total. The molecule has 1 fully saturated rings. The number of rotatable bonds is 3. The van der Waals surface area contributed by atoms with E-state index in [1.54, 1.807) is 18.2 Å². The predicted molar refractivity (Wildman–Crippen MR) is 93.3 cm³/mol. The average molecular weight is 360 g/mol. The van der Waals surface area contributed by atoms with Gasteiger partial charge in [-0.3, -0.25) is 0 Å². The van der Waals surface area contributed by atoms with E-state index in [1.165, 1.54) is 4.31 Å². The van der Waals surface area contributed by atoms with E-state index < -0.39 is 10.0 Å². The van der Waals surface area contributed by atoms with Crippen molar-refractivity contribution in [2.75, 3.05) is 26.3 Å². The normalized spacial score (nSPS) is 23.6. The van der Waals surface area contributed by atoms with Crippen molar-refractivity contribution < 1.29 is 17.9 Å². The van der Waals surface area contributed by atoms with Crippen LogP contribution in [-0.2, 0) is 10.0 Å². The van der Waals surface area contributed by atoms with Crippen LogP contribution in [-0.4, -0.2) is 45.1 Å². The minimum atomic E-state index is -3.71. The topological polar surface area (TPSA) is 81.9 Å². The first-order valence-corrected chi connectivity index (χ1v) is 9.70. The molecule has 4 rings (SSSR count). The summed E-state index contributed by atoms with van der Waals surface area (Å²) in [6, 6.07) is 14.5. The predicted octanol–water partition coefficient (Wildman–Crippen LogP) is 1.57. The number of nitrogens with two attached hydrogens (primary N) is 1. The van der Waals surface area contributed by atoms with E-state index >= 15 is 0 Å². The van der Waals surface area contributed by atoms with Crippen molar-refractivity contribution in [2.45, 2.75) is 16.9 Å². The van der Waals surface area contributed by atoms with E-state index in [2.05, 4.69) is 0 Å². The molecule has 0 unspecified atom stereocenters. The molecule has 7 heteroatoms. The molecule has 0 bridgehead atoms. The van der Waals surface area contributed by atoms with E-state index in [0.29, 0.717) is 31.3 Å². The fourth-order valence-electron chi connectivity index (χ4n) is 3.43. The van der Waals surface area contributed by atoms with Gasteiger partial charge >= 0.3 is 0 Å². The van der Waals surface area contributed by atoms with Gasteiger partial charge in [-0.25, -0.2) is 8.42 Å². The highest BCUT2D eigenvalue weighted by Gasteiger charge is 2.40. The first kappa shape index (κ1) is 16.4. The second-order valence-electron chi connectivity index (χ2n) is 6.28. The smallest absolute Gasteiger partial charge is 0.246 e. The lowest BCUT2D eigenvalue weighted by atomic mass is 9.95. The van der Waals surface area contributed by atoms with Crippen LogP contribution in [0.15, 0.2) is 53.4 Å². The number of fused-ring (bicyclic) bond motifs is 1. The highest BCUT2D eigenvalue weighted by molar-refractivity contribution is 7.89. The van der Waals surface area contributed by atoms with Crippen molar-refractivity contribution in [2.24, 2.45) is 5.73 Å². The summed E-state index contributed by atoms with van der Waals surface area (Å²) >= 11 is 0. The molecule has 2 aliphatic rings. The summed E-state index contributed by atoms with van der Waals surface area (Å²) in [6.07, 6.45) is 0. The van der Waals surface area contributed by atoms with Crippen molar-refractivity contribution in [1.29, 1.82) is 0 Å². The van der Waals surface area contributed by atoms with Crippen LogP contribution < -0.4 is 15.2 Å². The minimum absolute atomic E-state index is 0.0207. The van der Waals surface area contributed by atoms with Gasteiger partial charge in [-0.15, -0.1) is 0 Å². The maximum atomic E-state index is 13.2. The molecule has 2 aromatic carbocycles. The lowest BCUT2D eigenvalue weighted by molar-refractivity contribution is 0.166. The summed E-state index contributed by atoms with van der Waals surface area (Å²) in [5, 5.41) is 0. The van der Waals surface area contributed by atoms with E-state index in [0.717, 1.165) is 5.56 Å². The van der Waals surface area contributed by atoms with Gasteiger partial charge in [0.2, 0.25) is 10.0 Å². The molecule has 25 heavy (non-hydrogen) atoms. The van der Waals surface area contributed by atoms with Gasteiger partial charge in [-0.05, 0) is 17.7 Å². The van der Waals surface area contributed by atoms with Crippen molar-refractivity contribution in [3.63, 3.8) is 0 Å². The second-order valence-corrected chi connectivity index (χ2v) is 8.19. The molecule has 0 aliphatic carbocycles. The maximum absolute atomic E-state index is 13.2. The third-order valence-corrected chi connectivity index (χ3v) is 6.56. The Balaban J connectivity index is 1.66. The van der Waals surface area contributed by atoms with Crippen molar-refractivity contribution >= 4 is 10.0 Å². The number of para-hydroxylation sites is 1. The van der Waals surface area contributed by atoms with Gasteiger partial charge in [0.15, 0.2) is 11.5 Å². The van der Waals surface area contributed by atoms with Gasteiger partial charge in [0.05, 0.1) is 0 Å². The Hall–Kier alpha value is -2.09. The summed E-state index contributed by atoms with van der Waals surface area (Å²) in [5.41, 5.74) is 7.31. The third kappa shape index (κ3) is 2.88. The van der Waals surface area contributed by atoms with Crippen LogP contribution in [0.2, 0.25) is 0 Å². The number of sulfonamides is 1. The van der Waals surface area contributed by atoms with Crippen LogP contribution in [0.4, 0.5) is 0 Å². The van der Waals surface area contributed by atoms with E-state index in [1.807, 2.05) is 30.3 Å². The average Bonchev–Trinajstić information content (AvgIpc) is 3.04. The fourth-order valence-corrected chi connectivity index (χ4v) is 5.08. The zero-order valence-corrected chi connectivity index (χ0v) is 14.5. The Morgan fingerprint density at radius 2 is 1.72 bits per heavy atom. The lowest BCUT2D eigenvalue weighted by Gasteiger charge is -2.23. The van der Waals surface area contributed by atoms with Crippen LogP contribution >= 0.6 is 0 Å². The SMILES string of the molecule is N[C@@H]1CN(S(=O)(=O)c2cccc3c2OCCO3)C[C@H]1c1ccccc1. The number of nitrogens with zero attached hydrogens (tertiary/aromatic N) is 1. The van der Waals surface area contributed by atoms with E-state index in [9.17, 15) is 8.42 Å². The molecule has 1 saturated heterocycles. The molecular formula is C18H20N2O4S. The van der Waals surface area contributed by atoms with Crippen LogP contribution in [0.1, 0.15) is 11.5 Å². The molecule has 2 atom stereocenters. The molecule has 2 N–H and O–H groups in total. The Kier molecular flexibility index (Phi) is 4.15. The maximum Gasteiger partial charge on any atom is 0.246 e. The summed E-state index contributed by atoms with van der Waals surface area (Å²) in [5.74, 6) is 0.744. The fraction of sp³-hybridized carbons (Fsp3) is 0.333. The molecule has 2 heterocycles. The van der Waals surface area contributed by atoms with E-state index in [-0.39, 0.29) is 23.4 Å². The summed E-state index contributed by atoms with van der Waals surface area (Å²) < 4.78 is 38.9. The lowest BCUT2D eigenvalue weighted by Crippen LogP contribution is -2.32. The third-order valence-electron chi connectivity index (χ3n) is 4.71. The number of ether oxygens (including phenoxy) is 2. The Labute approximate surface area is 147 Å². The van der Waals surface area contributed by atoms with Gasteiger partial charge in [-0.2, -0.15) is 4.31 Å². The summed E-state index contributed by atoms with van der Waals surface area (Å²) in [6.45, 7) is 1.40. The number of benzene rings is 2. The molecule has 0 radical (unpaired) electrons. The minimum Gasteiger partial charge on any atom is -0.486 e. The summed E-state index contributed by atoms with van der Waals surface area (Å²) in [7, 11) is -3.71. The zero-order valence-electron chi connectivity index (χ0n) is 13.7. The van der Waals surface area contributed by atoms with Gasteiger partial charge < -0.3 is 15.2 Å². The molecule has 0 aromatic heterocycles. The highest BCUT2D eigenvalue weighted by atomic mass is 32.2. The highest BCUT2D eigenvalue weighted by Crippen LogP contribution is 2.39. The van der Waals surface area contributed by atoms with Crippen molar-refractivity contribution in [3.8, 4) is 11.5 Å². The Morgan fingerprint density at radius 1 is 0.960 bits per heavy atom. The zero-order chi connectivity index (χ0) is 17.4. The monoisotopic (exact) mass is 360 g/mol. The number of hydrogen-bond donors (Lipinski definition) is 1. The van der Waals surface area contributed by atoms with Crippen LogP contribution in [0, 0.1) is 0 Å². The first-order chi connectivity index (χ1) is 12.1. The number of hydrogen-bond acceptors (Lipinski definition) is 5. The first-order valence-electron chi connectivity index (χ1n) is 8.26. The van der Waals surface area contributed by atoms with Gasteiger partial charge in [0.1, 0.15) is 18.1 Å². The van der Waals surface area contributed by atoms with Gasteiger partial charge in [0.25, 0.3) is 0 Å². The molecule has 2 aromatic rings. The van der Waals surface area contributed by atoms with Crippen LogP contribution in [0.5, 0.6) is 11.5 Å². The van der Waals surface area contributed by atoms with E-state index in [4.69, 9.17) is 15.2 Å². The molecular weight excluding hydrogens is 340 g/mol. The molecule has 0 amide bonds. The molecule has 0 spiro atoms. The van der Waals surface area contributed by atoms with Gasteiger partial charge in [0, 0.05) is 25.0 Å². The van der Waals surface area contributed by atoms with Crippen molar-refractivity contribution in [1.82, 2.24) is 4.31 Å². The standard InChI is InChI=1S/C18H20N2O4S/c19-15-12-20(11-14(15)13-5-2-1-3-6-13)25(21,22)17-8-4-7-16-18(17)24-10-9-23-16/h1-8,14-15H,9-12,19H2/t14-,15+/m0/s1. The molecule has 0 saturated carbocycles. The largest absolute Gasteiger partial charge is 0.486 e. The molecule has 2 aliphatic heterocycles. The Bertz CT molecular complexity index is 870.